The van der Waals surface area contributed by atoms with Crippen LogP contribution in [-0.2, 0) is 19.2 Å². The lowest BCUT2D eigenvalue weighted by Gasteiger charge is -2.28. The minimum Gasteiger partial charge on any atom is -0.426 e. The number of hydrogen-bond acceptors (Lipinski definition) is 5. The van der Waals surface area contributed by atoms with Gasteiger partial charge >= 0.3 is 5.97 Å². The zero-order valence-corrected chi connectivity index (χ0v) is 24.5. The van der Waals surface area contributed by atoms with E-state index in [1.165, 1.54) is 4.90 Å². The maximum atomic E-state index is 13.4. The molecule has 7 nitrogen and oxygen atoms in total. The molecule has 0 N–H and O–H groups in total. The quantitative estimate of drug-likeness (QED) is 0.206. The van der Waals surface area contributed by atoms with Crippen molar-refractivity contribution in [3.8, 4) is 5.75 Å². The number of esters is 1. The van der Waals surface area contributed by atoms with Crippen molar-refractivity contribution in [2.75, 3.05) is 16.3 Å². The molecule has 4 fully saturated rings. The number of benzene rings is 2. The molecule has 7 atom stereocenters. The normalized spacial score (nSPS) is 31.9. The Morgan fingerprint density at radius 3 is 2.08 bits per heavy atom. The van der Waals surface area contributed by atoms with Gasteiger partial charge in [-0.1, -0.05) is 49.6 Å². The van der Waals surface area contributed by atoms with Crippen molar-refractivity contribution < 1.29 is 23.9 Å². The Morgan fingerprint density at radius 1 is 0.868 bits per heavy atom. The van der Waals surface area contributed by atoms with E-state index in [9.17, 15) is 19.2 Å². The number of alkyl halides is 2. The number of halogens is 2. The number of carbonyl (C=O) groups excluding carboxylic acids is 4. The lowest BCUT2D eigenvalue weighted by atomic mass is 9.81. The van der Waals surface area contributed by atoms with Crippen LogP contribution >= 0.6 is 31.9 Å². The third-order valence-electron chi connectivity index (χ3n) is 8.72. The van der Waals surface area contributed by atoms with E-state index in [2.05, 4.69) is 31.9 Å². The minimum atomic E-state index is -0.575. The second-order valence-electron chi connectivity index (χ2n) is 11.1. The number of hydrogen-bond donors (Lipinski definition) is 0. The Labute approximate surface area is 238 Å². The van der Waals surface area contributed by atoms with Crippen molar-refractivity contribution in [1.29, 1.82) is 0 Å². The summed E-state index contributed by atoms with van der Waals surface area (Å²) in [5.74, 6) is -1.38. The van der Waals surface area contributed by atoms with Crippen molar-refractivity contribution >= 4 is 66.9 Å². The molecule has 0 spiro atoms. The number of carbonyl (C=O) groups is 4. The van der Waals surface area contributed by atoms with Gasteiger partial charge in [0.15, 0.2) is 0 Å². The van der Waals surface area contributed by atoms with Crippen LogP contribution in [0, 0.1) is 50.4 Å². The predicted molar refractivity (Wildman–Crippen MR) is 150 cm³/mol. The van der Waals surface area contributed by atoms with E-state index in [0.717, 1.165) is 23.2 Å². The van der Waals surface area contributed by atoms with Gasteiger partial charge < -0.3 is 9.64 Å². The number of ether oxygens (including phenoxy) is 1. The first-order valence-electron chi connectivity index (χ1n) is 12.9. The van der Waals surface area contributed by atoms with Crippen LogP contribution in [0.5, 0.6) is 5.75 Å². The van der Waals surface area contributed by atoms with E-state index in [4.69, 9.17) is 4.74 Å². The number of imide groups is 1. The van der Waals surface area contributed by atoms with Gasteiger partial charge in [-0.25, -0.2) is 4.90 Å². The molecular formula is C29H28Br2N2O5. The molecule has 2 saturated carbocycles. The highest BCUT2D eigenvalue weighted by atomic mass is 79.9. The summed E-state index contributed by atoms with van der Waals surface area (Å²) in [6.07, 6.45) is 0.971. The van der Waals surface area contributed by atoms with E-state index in [0.29, 0.717) is 17.0 Å². The maximum absolute atomic E-state index is 13.4. The van der Waals surface area contributed by atoms with Gasteiger partial charge in [0.05, 0.1) is 23.4 Å². The van der Waals surface area contributed by atoms with Crippen LogP contribution in [0.1, 0.15) is 29.5 Å². The SMILES string of the molecule is Cc1ccc(N2C[C@H](C(=O)Oc3ccc(N4C(=O)[C@@H]5[C@H]6C[C@@H]([C@H](Br)[C@@H]6Br)[C@@H]5C4=O)c(C)c3)CC2=O)c(C)c1. The molecule has 0 aromatic heterocycles. The monoisotopic (exact) mass is 642 g/mol. The molecule has 6 rings (SSSR count). The number of amides is 3. The molecule has 198 valence electrons. The summed E-state index contributed by atoms with van der Waals surface area (Å²) in [6, 6.07) is 10.8. The van der Waals surface area contributed by atoms with Gasteiger partial charge in [-0.15, -0.1) is 0 Å². The first-order chi connectivity index (χ1) is 18.1. The Balaban J connectivity index is 1.16. The largest absolute Gasteiger partial charge is 0.426 e. The predicted octanol–water partition coefficient (Wildman–Crippen LogP) is 4.85. The summed E-state index contributed by atoms with van der Waals surface area (Å²) in [6.45, 7) is 6.02. The summed E-state index contributed by atoms with van der Waals surface area (Å²) < 4.78 is 5.66. The van der Waals surface area contributed by atoms with Crippen molar-refractivity contribution in [2.45, 2.75) is 43.3 Å². The lowest BCUT2D eigenvalue weighted by molar-refractivity contribution is -0.139. The lowest BCUT2D eigenvalue weighted by Crippen LogP contribution is -2.37. The van der Waals surface area contributed by atoms with E-state index in [1.54, 1.807) is 30.0 Å². The Bertz CT molecular complexity index is 1360. The number of fused-ring (bicyclic) bond motifs is 5. The van der Waals surface area contributed by atoms with E-state index < -0.39 is 11.9 Å². The molecule has 2 saturated heterocycles. The molecule has 3 amide bonds. The van der Waals surface area contributed by atoms with Gasteiger partial charge in [0.2, 0.25) is 17.7 Å². The van der Waals surface area contributed by atoms with Gasteiger partial charge in [0.1, 0.15) is 5.75 Å². The van der Waals surface area contributed by atoms with Gasteiger partial charge in [-0.3, -0.25) is 19.2 Å². The summed E-state index contributed by atoms with van der Waals surface area (Å²) in [7, 11) is 0. The molecule has 2 aromatic rings. The Hall–Kier alpha value is -2.52. The van der Waals surface area contributed by atoms with Gasteiger partial charge in [0.25, 0.3) is 0 Å². The second kappa shape index (κ2) is 9.30. The molecular weight excluding hydrogens is 616 g/mol. The van der Waals surface area contributed by atoms with Crippen LogP contribution in [0.25, 0.3) is 0 Å². The number of aryl methyl sites for hydroxylation is 3. The molecule has 2 aliphatic heterocycles. The molecule has 2 bridgehead atoms. The average Bonchev–Trinajstić information content (AvgIpc) is 3.58. The summed E-state index contributed by atoms with van der Waals surface area (Å²) >= 11 is 7.44. The van der Waals surface area contributed by atoms with Gasteiger partial charge in [-0.05, 0) is 74.4 Å². The third-order valence-corrected chi connectivity index (χ3v) is 11.9. The van der Waals surface area contributed by atoms with Gasteiger partial charge in [0, 0.05) is 28.3 Å². The average molecular weight is 644 g/mol. The second-order valence-corrected chi connectivity index (χ2v) is 13.2. The van der Waals surface area contributed by atoms with Crippen molar-refractivity contribution in [3.05, 3.63) is 53.1 Å². The highest BCUT2D eigenvalue weighted by Gasteiger charge is 2.66. The molecule has 9 heteroatoms. The van der Waals surface area contributed by atoms with Crippen LogP contribution in [0.2, 0.25) is 0 Å². The fourth-order valence-electron chi connectivity index (χ4n) is 6.93. The highest BCUT2D eigenvalue weighted by Crippen LogP contribution is 2.60. The van der Waals surface area contributed by atoms with Crippen LogP contribution in [0.4, 0.5) is 11.4 Å². The molecule has 0 radical (unpaired) electrons. The Kier molecular flexibility index (Phi) is 6.30. The first-order valence-corrected chi connectivity index (χ1v) is 14.8. The van der Waals surface area contributed by atoms with E-state index in [1.807, 2.05) is 32.0 Å². The standard InChI is InChI=1S/C29H28Br2N2O5/c1-13-4-6-20(14(2)8-13)32-12-16(10-22(32)34)29(37)38-17-5-7-21(15(3)9-17)33-27(35)23-18-11-19(24(23)28(33)36)26(31)25(18)30/h4-9,16,18-19,23-26H,10-12H2,1-3H3/t16-,18-,19-,23-,24+,25-,26+/m1/s1. The number of anilines is 2. The minimum absolute atomic E-state index is 0.0915. The zero-order chi connectivity index (χ0) is 27.0. The maximum Gasteiger partial charge on any atom is 0.316 e. The molecule has 4 aliphatic rings. The smallest absolute Gasteiger partial charge is 0.316 e. The molecule has 0 unspecified atom stereocenters. The summed E-state index contributed by atoms with van der Waals surface area (Å²) in [5.41, 5.74) is 4.12. The van der Waals surface area contributed by atoms with Crippen molar-refractivity contribution in [3.63, 3.8) is 0 Å². The van der Waals surface area contributed by atoms with Crippen LogP contribution in [0.3, 0.4) is 0 Å². The van der Waals surface area contributed by atoms with Crippen molar-refractivity contribution in [1.82, 2.24) is 0 Å². The van der Waals surface area contributed by atoms with E-state index in [-0.39, 0.29) is 64.0 Å². The number of nitrogens with zero attached hydrogens (tertiary/aromatic N) is 2. The fourth-order valence-corrected chi connectivity index (χ4v) is 8.81. The molecule has 2 aliphatic carbocycles. The van der Waals surface area contributed by atoms with E-state index >= 15 is 0 Å². The van der Waals surface area contributed by atoms with Crippen LogP contribution in [-0.4, -0.2) is 39.9 Å². The fraction of sp³-hybridized carbons (Fsp3) is 0.448. The Morgan fingerprint density at radius 2 is 1.47 bits per heavy atom. The van der Waals surface area contributed by atoms with Crippen molar-refractivity contribution in [2.24, 2.45) is 29.6 Å². The third kappa shape index (κ3) is 3.87. The molecule has 38 heavy (non-hydrogen) atoms. The van der Waals surface area contributed by atoms with Gasteiger partial charge in [-0.2, -0.15) is 0 Å². The first kappa shape index (κ1) is 25.7. The highest BCUT2D eigenvalue weighted by molar-refractivity contribution is 9.12. The molecule has 2 aromatic carbocycles. The topological polar surface area (TPSA) is 84.0 Å². The summed E-state index contributed by atoms with van der Waals surface area (Å²) in [5, 5.41) is 0. The van der Waals surface area contributed by atoms with Crippen LogP contribution in [0.15, 0.2) is 36.4 Å². The summed E-state index contributed by atoms with van der Waals surface area (Å²) in [4.78, 5) is 55.8. The number of rotatable bonds is 4. The zero-order valence-electron chi connectivity index (χ0n) is 21.3. The molecule has 2 heterocycles. The van der Waals surface area contributed by atoms with Crippen LogP contribution < -0.4 is 14.5 Å².